The Hall–Kier alpha value is -0.300. The fraction of sp³-hybridized carbons (Fsp3) is 0.250. The second-order valence-electron chi connectivity index (χ2n) is 2.40. The maximum atomic E-state index is 10.7. The molecule has 1 aromatic heterocycles. The van der Waals surface area contributed by atoms with Gasteiger partial charge in [0.1, 0.15) is 7.05 Å². The molecule has 1 aromatic rings. The van der Waals surface area contributed by atoms with Crippen LogP contribution in [0.5, 0.6) is 0 Å². The SMILES string of the molecule is CSc1c[n+](C)ccc1C(=O)O.[I-]. The minimum Gasteiger partial charge on any atom is -1.00 e. The fourth-order valence-electron chi connectivity index (χ4n) is 0.911. The van der Waals surface area contributed by atoms with E-state index in [9.17, 15) is 4.79 Å². The summed E-state index contributed by atoms with van der Waals surface area (Å²) in [5.41, 5.74) is 0.362. The van der Waals surface area contributed by atoms with Gasteiger partial charge in [-0.1, -0.05) is 0 Å². The fourth-order valence-corrected chi connectivity index (χ4v) is 1.56. The highest BCUT2D eigenvalue weighted by atomic mass is 127. The van der Waals surface area contributed by atoms with E-state index in [0.29, 0.717) is 5.56 Å². The lowest BCUT2D eigenvalue weighted by atomic mass is 10.3. The second-order valence-corrected chi connectivity index (χ2v) is 3.25. The molecule has 1 rings (SSSR count). The number of carbonyl (C=O) groups is 1. The maximum Gasteiger partial charge on any atom is 0.337 e. The zero-order valence-electron chi connectivity index (χ0n) is 7.32. The highest BCUT2D eigenvalue weighted by Gasteiger charge is 2.11. The van der Waals surface area contributed by atoms with Gasteiger partial charge in [-0.3, -0.25) is 0 Å². The summed E-state index contributed by atoms with van der Waals surface area (Å²) in [7, 11) is 1.87. The van der Waals surface area contributed by atoms with Crippen LogP contribution in [0.3, 0.4) is 0 Å². The molecule has 13 heavy (non-hydrogen) atoms. The van der Waals surface area contributed by atoms with Crippen molar-refractivity contribution < 1.29 is 38.4 Å². The molecule has 0 spiro atoms. The number of aryl methyl sites for hydroxylation is 1. The highest BCUT2D eigenvalue weighted by molar-refractivity contribution is 7.98. The number of hydrogen-bond donors (Lipinski definition) is 1. The number of pyridine rings is 1. The quantitative estimate of drug-likeness (QED) is 0.388. The first-order valence-corrected chi connectivity index (χ1v) is 4.64. The Kier molecular flexibility index (Phi) is 5.31. The molecule has 0 aliphatic carbocycles. The average Bonchev–Trinajstić information content (AvgIpc) is 2.03. The van der Waals surface area contributed by atoms with E-state index in [-0.39, 0.29) is 24.0 Å². The Morgan fingerprint density at radius 1 is 1.62 bits per heavy atom. The molecule has 0 atom stereocenters. The molecule has 0 aliphatic rings. The average molecular weight is 311 g/mol. The Balaban J connectivity index is 0.00000144. The van der Waals surface area contributed by atoms with Crippen molar-refractivity contribution in [2.45, 2.75) is 4.90 Å². The standard InChI is InChI=1S/C8H9NO2S.HI/c1-9-4-3-6(8(10)11)7(5-9)12-2;/h3-5H,1-2H3;1H. The van der Waals surface area contributed by atoms with Gasteiger partial charge in [0, 0.05) is 6.07 Å². The van der Waals surface area contributed by atoms with Crippen LogP contribution in [0.15, 0.2) is 23.4 Å². The van der Waals surface area contributed by atoms with Gasteiger partial charge in [0.25, 0.3) is 0 Å². The van der Waals surface area contributed by atoms with Crippen molar-refractivity contribution in [2.75, 3.05) is 6.26 Å². The first-order valence-electron chi connectivity index (χ1n) is 3.41. The lowest BCUT2D eigenvalue weighted by Gasteiger charge is -1.98. The molecular weight excluding hydrogens is 301 g/mol. The van der Waals surface area contributed by atoms with Gasteiger partial charge in [-0.15, -0.1) is 11.8 Å². The van der Waals surface area contributed by atoms with Crippen LogP contribution in [0, 0.1) is 0 Å². The number of rotatable bonds is 2. The van der Waals surface area contributed by atoms with Crippen LogP contribution in [0.2, 0.25) is 0 Å². The van der Waals surface area contributed by atoms with E-state index in [1.165, 1.54) is 11.8 Å². The summed E-state index contributed by atoms with van der Waals surface area (Å²) >= 11 is 1.44. The van der Waals surface area contributed by atoms with Crippen LogP contribution < -0.4 is 28.5 Å². The van der Waals surface area contributed by atoms with Gasteiger partial charge in [-0.2, -0.15) is 0 Å². The van der Waals surface area contributed by atoms with Crippen LogP contribution in [0.25, 0.3) is 0 Å². The molecule has 0 amide bonds. The molecule has 0 saturated carbocycles. The molecule has 0 unspecified atom stereocenters. The summed E-state index contributed by atoms with van der Waals surface area (Å²) in [5, 5.41) is 8.77. The number of carboxylic acid groups (broad SMARTS) is 1. The predicted molar refractivity (Wildman–Crippen MR) is 46.4 cm³/mol. The Morgan fingerprint density at radius 3 is 2.69 bits per heavy atom. The molecule has 0 fully saturated rings. The van der Waals surface area contributed by atoms with Crippen LogP contribution in [-0.2, 0) is 7.05 Å². The normalized spacial score (nSPS) is 9.08. The molecule has 1 N–H and O–H groups in total. The number of nitrogens with zero attached hydrogens (tertiary/aromatic N) is 1. The van der Waals surface area contributed by atoms with Crippen LogP contribution in [-0.4, -0.2) is 17.3 Å². The third-order valence-corrected chi connectivity index (χ3v) is 2.28. The minimum absolute atomic E-state index is 0. The monoisotopic (exact) mass is 311 g/mol. The van der Waals surface area contributed by atoms with Gasteiger partial charge >= 0.3 is 5.97 Å². The maximum absolute atomic E-state index is 10.7. The molecule has 0 aromatic carbocycles. The van der Waals surface area contributed by atoms with Gasteiger partial charge in [0.15, 0.2) is 12.4 Å². The van der Waals surface area contributed by atoms with Gasteiger partial charge in [-0.05, 0) is 6.26 Å². The number of carboxylic acids is 1. The van der Waals surface area contributed by atoms with Crippen molar-refractivity contribution in [3.8, 4) is 0 Å². The van der Waals surface area contributed by atoms with Crippen molar-refractivity contribution in [1.82, 2.24) is 0 Å². The molecule has 72 valence electrons. The molecule has 0 saturated heterocycles. The van der Waals surface area contributed by atoms with E-state index in [1.807, 2.05) is 17.9 Å². The first kappa shape index (κ1) is 12.7. The molecule has 0 aliphatic heterocycles. The summed E-state index contributed by atoms with van der Waals surface area (Å²) in [5.74, 6) is -0.875. The van der Waals surface area contributed by atoms with Crippen molar-refractivity contribution in [1.29, 1.82) is 0 Å². The first-order chi connectivity index (χ1) is 5.65. The second kappa shape index (κ2) is 5.43. The summed E-state index contributed by atoms with van der Waals surface area (Å²) in [6, 6.07) is 1.61. The van der Waals surface area contributed by atoms with Crippen LogP contribution in [0.4, 0.5) is 0 Å². The molecule has 0 bridgehead atoms. The van der Waals surface area contributed by atoms with Gasteiger partial charge in [-0.25, -0.2) is 9.36 Å². The molecule has 3 nitrogen and oxygen atoms in total. The molecule has 5 heteroatoms. The van der Waals surface area contributed by atoms with E-state index < -0.39 is 5.97 Å². The van der Waals surface area contributed by atoms with E-state index in [4.69, 9.17) is 5.11 Å². The van der Waals surface area contributed by atoms with E-state index in [1.54, 1.807) is 18.5 Å². The van der Waals surface area contributed by atoms with Crippen LogP contribution in [0.1, 0.15) is 10.4 Å². The van der Waals surface area contributed by atoms with Crippen molar-refractivity contribution in [3.05, 3.63) is 24.0 Å². The predicted octanol–water partition coefficient (Wildman–Crippen LogP) is -2.06. The summed E-state index contributed by atoms with van der Waals surface area (Å²) in [6.45, 7) is 0. The van der Waals surface area contributed by atoms with Crippen molar-refractivity contribution in [3.63, 3.8) is 0 Å². The molecule has 0 radical (unpaired) electrons. The molecule has 1 heterocycles. The number of hydrogen-bond acceptors (Lipinski definition) is 2. The topological polar surface area (TPSA) is 41.2 Å². The summed E-state index contributed by atoms with van der Waals surface area (Å²) in [6.07, 6.45) is 5.39. The van der Waals surface area contributed by atoms with Gasteiger partial charge in [0.2, 0.25) is 0 Å². The Morgan fingerprint density at radius 2 is 2.23 bits per heavy atom. The Bertz CT molecular complexity index is 317. The minimum atomic E-state index is -0.875. The van der Waals surface area contributed by atoms with Crippen LogP contribution >= 0.6 is 11.8 Å². The van der Waals surface area contributed by atoms with E-state index in [2.05, 4.69) is 0 Å². The van der Waals surface area contributed by atoms with Gasteiger partial charge < -0.3 is 29.1 Å². The number of thioether (sulfide) groups is 1. The smallest absolute Gasteiger partial charge is 0.337 e. The number of aromatic carboxylic acids is 1. The van der Waals surface area contributed by atoms with E-state index >= 15 is 0 Å². The zero-order valence-corrected chi connectivity index (χ0v) is 10.3. The summed E-state index contributed by atoms with van der Waals surface area (Å²) in [4.78, 5) is 11.5. The van der Waals surface area contributed by atoms with Crippen molar-refractivity contribution >= 4 is 17.7 Å². The highest BCUT2D eigenvalue weighted by Crippen LogP contribution is 2.17. The Labute approximate surface area is 98.2 Å². The van der Waals surface area contributed by atoms with Gasteiger partial charge in [0.05, 0.1) is 10.5 Å². The lowest BCUT2D eigenvalue weighted by molar-refractivity contribution is -0.673. The third-order valence-electron chi connectivity index (χ3n) is 1.51. The third kappa shape index (κ3) is 3.15. The summed E-state index contributed by atoms with van der Waals surface area (Å²) < 4.78 is 1.83. The number of halogens is 1. The van der Waals surface area contributed by atoms with Crippen molar-refractivity contribution in [2.24, 2.45) is 7.05 Å². The zero-order chi connectivity index (χ0) is 9.14. The van der Waals surface area contributed by atoms with E-state index in [0.717, 1.165) is 4.90 Å². The number of aromatic nitrogens is 1. The lowest BCUT2D eigenvalue weighted by Crippen LogP contribution is -3.00. The molecular formula is C8H10INO2S. The largest absolute Gasteiger partial charge is 1.00 e.